The Kier molecular flexibility index (Phi) is 14.1. The van der Waals surface area contributed by atoms with Crippen molar-refractivity contribution in [3.05, 3.63) is 58.6 Å². The zero-order chi connectivity index (χ0) is 22.2. The number of rotatable bonds is 15. The molecule has 0 aromatic heterocycles. The van der Waals surface area contributed by atoms with Crippen LogP contribution in [0.2, 0.25) is 0 Å². The van der Waals surface area contributed by atoms with E-state index in [1.807, 2.05) is 31.3 Å². The molecule has 0 saturated carbocycles. The Hall–Kier alpha value is -1.72. The lowest BCUT2D eigenvalue weighted by atomic mass is 10.1. The molecule has 0 bridgehead atoms. The van der Waals surface area contributed by atoms with Crippen molar-refractivity contribution in [2.45, 2.75) is 65.0 Å². The molecule has 0 spiro atoms. The molecule has 0 aliphatic heterocycles. The average Bonchev–Trinajstić information content (AvgIpc) is 2.69. The van der Waals surface area contributed by atoms with E-state index in [0.717, 1.165) is 56.0 Å². The van der Waals surface area contributed by atoms with Crippen molar-refractivity contribution in [1.29, 1.82) is 0 Å². The molecule has 30 heavy (non-hydrogen) atoms. The first-order valence-electron chi connectivity index (χ1n) is 10.9. The summed E-state index contributed by atoms with van der Waals surface area (Å²) in [4.78, 5) is 25.3. The molecule has 0 aliphatic rings. The Balaban J connectivity index is 2.59. The molecule has 1 aromatic rings. The van der Waals surface area contributed by atoms with E-state index in [9.17, 15) is 9.59 Å². The van der Waals surface area contributed by atoms with Gasteiger partial charge in [-0.05, 0) is 62.8 Å². The molecule has 4 nitrogen and oxygen atoms in total. The highest BCUT2D eigenvalue weighted by Gasteiger charge is 2.22. The molecule has 0 aliphatic carbocycles. The van der Waals surface area contributed by atoms with E-state index in [-0.39, 0.29) is 11.9 Å². The van der Waals surface area contributed by atoms with Gasteiger partial charge in [0, 0.05) is 24.0 Å². The highest BCUT2D eigenvalue weighted by Crippen LogP contribution is 2.16. The normalized spacial score (nSPS) is 12.9. The Morgan fingerprint density at radius 2 is 1.87 bits per heavy atom. The van der Waals surface area contributed by atoms with Gasteiger partial charge < -0.3 is 10.1 Å². The van der Waals surface area contributed by atoms with Crippen LogP contribution in [0.15, 0.2) is 53.0 Å². The fourth-order valence-corrected chi connectivity index (χ4v) is 3.60. The number of unbranched alkanes of at least 4 members (excludes halogenated alkanes) is 1. The zero-order valence-corrected chi connectivity index (χ0v) is 20.2. The van der Waals surface area contributed by atoms with Gasteiger partial charge >= 0.3 is 0 Å². The predicted octanol–water partition coefficient (Wildman–Crippen LogP) is 5.67. The summed E-state index contributed by atoms with van der Waals surface area (Å²) in [5.74, 6) is 0.697. The van der Waals surface area contributed by atoms with Crippen LogP contribution in [0.4, 0.5) is 0 Å². The standard InChI is InChI=1S/C25H37BrN2O2/c1-21(2)16-17-27-25(30)24(15-10-8-6-4-5-7-9-11-18-29)28(3)20-22-13-12-14-23(26)19-22/h4,6-7,9,12-14,18-19,21,24H,5,8,10-11,15-17,20H2,1-3H3,(H,27,30)/b6-4-,9-7-. The van der Waals surface area contributed by atoms with Crippen molar-refractivity contribution in [2.24, 2.45) is 5.92 Å². The number of halogens is 1. The minimum Gasteiger partial charge on any atom is -0.355 e. The Morgan fingerprint density at radius 1 is 1.13 bits per heavy atom. The molecule has 166 valence electrons. The Labute approximate surface area is 190 Å². The van der Waals surface area contributed by atoms with Crippen LogP contribution in [-0.2, 0) is 16.1 Å². The van der Waals surface area contributed by atoms with Crippen molar-refractivity contribution in [1.82, 2.24) is 10.2 Å². The van der Waals surface area contributed by atoms with Gasteiger partial charge in [-0.1, -0.05) is 66.2 Å². The smallest absolute Gasteiger partial charge is 0.237 e. The number of aldehydes is 1. The largest absolute Gasteiger partial charge is 0.355 e. The second kappa shape index (κ2) is 16.0. The van der Waals surface area contributed by atoms with Gasteiger partial charge in [0.05, 0.1) is 6.04 Å². The zero-order valence-electron chi connectivity index (χ0n) is 18.6. The molecule has 0 heterocycles. The number of amides is 1. The van der Waals surface area contributed by atoms with Crippen molar-refractivity contribution in [3.8, 4) is 0 Å². The van der Waals surface area contributed by atoms with Gasteiger partial charge in [0.2, 0.25) is 5.91 Å². The van der Waals surface area contributed by atoms with E-state index in [1.54, 1.807) is 0 Å². The van der Waals surface area contributed by atoms with Crippen LogP contribution in [0.3, 0.4) is 0 Å². The van der Waals surface area contributed by atoms with E-state index >= 15 is 0 Å². The summed E-state index contributed by atoms with van der Waals surface area (Å²) < 4.78 is 1.05. The summed E-state index contributed by atoms with van der Waals surface area (Å²) in [6.07, 6.45) is 14.1. The molecular weight excluding hydrogens is 440 g/mol. The van der Waals surface area contributed by atoms with Gasteiger partial charge in [0.1, 0.15) is 6.29 Å². The Morgan fingerprint density at radius 3 is 2.57 bits per heavy atom. The van der Waals surface area contributed by atoms with Gasteiger partial charge in [-0.25, -0.2) is 0 Å². The van der Waals surface area contributed by atoms with Crippen LogP contribution in [0.1, 0.15) is 57.9 Å². The second-order valence-corrected chi connectivity index (χ2v) is 8.96. The minimum atomic E-state index is -0.142. The molecule has 1 N–H and O–H groups in total. The number of hydrogen-bond donors (Lipinski definition) is 1. The van der Waals surface area contributed by atoms with Crippen LogP contribution in [0, 0.1) is 5.92 Å². The number of likely N-dealkylation sites (N-methyl/N-ethyl adjacent to an activating group) is 1. The summed E-state index contributed by atoms with van der Waals surface area (Å²) in [6.45, 7) is 5.80. The first-order valence-corrected chi connectivity index (χ1v) is 11.7. The Bertz CT molecular complexity index is 685. The summed E-state index contributed by atoms with van der Waals surface area (Å²) in [5.41, 5.74) is 1.19. The van der Waals surface area contributed by atoms with Crippen molar-refractivity contribution >= 4 is 28.1 Å². The summed E-state index contributed by atoms with van der Waals surface area (Å²) >= 11 is 3.52. The van der Waals surface area contributed by atoms with E-state index in [0.29, 0.717) is 12.3 Å². The number of carbonyl (C=O) groups excluding carboxylic acids is 2. The SMILES string of the molecule is CC(C)CCNC(=O)C(CCC/C=C\C/C=C\CC=O)N(C)Cc1cccc(Br)c1. The second-order valence-electron chi connectivity index (χ2n) is 8.05. The van der Waals surface area contributed by atoms with Crippen LogP contribution in [0.25, 0.3) is 0 Å². The topological polar surface area (TPSA) is 49.4 Å². The van der Waals surface area contributed by atoms with Gasteiger partial charge in [-0.3, -0.25) is 9.69 Å². The minimum absolute atomic E-state index is 0.119. The molecular formula is C25H37BrN2O2. The molecule has 1 rings (SSSR count). The third kappa shape index (κ3) is 12.1. The summed E-state index contributed by atoms with van der Waals surface area (Å²) in [5, 5.41) is 3.13. The van der Waals surface area contributed by atoms with Crippen LogP contribution >= 0.6 is 15.9 Å². The third-order valence-electron chi connectivity index (χ3n) is 4.86. The molecule has 0 fully saturated rings. The van der Waals surface area contributed by atoms with Crippen molar-refractivity contribution < 1.29 is 9.59 Å². The fourth-order valence-electron chi connectivity index (χ4n) is 3.16. The third-order valence-corrected chi connectivity index (χ3v) is 5.36. The van der Waals surface area contributed by atoms with Crippen LogP contribution in [-0.4, -0.2) is 36.7 Å². The summed E-state index contributed by atoms with van der Waals surface area (Å²) in [6, 6.07) is 8.09. The first kappa shape index (κ1) is 26.3. The molecule has 0 saturated heterocycles. The average molecular weight is 477 g/mol. The molecule has 0 radical (unpaired) electrons. The summed E-state index contributed by atoms with van der Waals surface area (Å²) in [7, 11) is 2.03. The maximum absolute atomic E-state index is 12.9. The lowest BCUT2D eigenvalue weighted by Gasteiger charge is -2.27. The lowest BCUT2D eigenvalue weighted by molar-refractivity contribution is -0.126. The number of allylic oxidation sites excluding steroid dienone is 4. The predicted molar refractivity (Wildman–Crippen MR) is 129 cm³/mol. The highest BCUT2D eigenvalue weighted by molar-refractivity contribution is 9.10. The van der Waals surface area contributed by atoms with Crippen molar-refractivity contribution in [3.63, 3.8) is 0 Å². The molecule has 1 amide bonds. The molecule has 1 aromatic carbocycles. The fraction of sp³-hybridized carbons (Fsp3) is 0.520. The monoisotopic (exact) mass is 476 g/mol. The number of benzene rings is 1. The first-order chi connectivity index (χ1) is 14.4. The number of hydrogen-bond acceptors (Lipinski definition) is 3. The maximum atomic E-state index is 12.9. The number of carbonyl (C=O) groups is 2. The van der Waals surface area contributed by atoms with E-state index in [1.165, 1.54) is 5.56 Å². The molecule has 1 unspecified atom stereocenters. The van der Waals surface area contributed by atoms with Gasteiger partial charge in [0.15, 0.2) is 0 Å². The van der Waals surface area contributed by atoms with E-state index in [4.69, 9.17) is 0 Å². The molecule has 1 atom stereocenters. The van der Waals surface area contributed by atoms with Crippen LogP contribution in [0.5, 0.6) is 0 Å². The van der Waals surface area contributed by atoms with Gasteiger partial charge in [-0.2, -0.15) is 0 Å². The molecule has 5 heteroatoms. The number of nitrogens with zero attached hydrogens (tertiary/aromatic N) is 1. The van der Waals surface area contributed by atoms with E-state index in [2.05, 4.69) is 64.3 Å². The van der Waals surface area contributed by atoms with E-state index < -0.39 is 0 Å². The van der Waals surface area contributed by atoms with Gasteiger partial charge in [-0.15, -0.1) is 0 Å². The lowest BCUT2D eigenvalue weighted by Crippen LogP contribution is -2.45. The quantitative estimate of drug-likeness (QED) is 0.201. The van der Waals surface area contributed by atoms with Crippen LogP contribution < -0.4 is 5.32 Å². The van der Waals surface area contributed by atoms with Gasteiger partial charge in [0.25, 0.3) is 0 Å². The maximum Gasteiger partial charge on any atom is 0.237 e. The highest BCUT2D eigenvalue weighted by atomic mass is 79.9. The number of nitrogens with one attached hydrogen (secondary N) is 1. The van der Waals surface area contributed by atoms with Crippen molar-refractivity contribution in [2.75, 3.05) is 13.6 Å².